The number of hydrogen-bond donors (Lipinski definition) is 0. The van der Waals surface area contributed by atoms with Crippen LogP contribution in [0.3, 0.4) is 0 Å². The van der Waals surface area contributed by atoms with Crippen molar-refractivity contribution in [3.05, 3.63) is 77.4 Å². The van der Waals surface area contributed by atoms with Gasteiger partial charge in [0.1, 0.15) is 0 Å². The summed E-state index contributed by atoms with van der Waals surface area (Å²) in [6.45, 7) is 4.62. The third-order valence-electron chi connectivity index (χ3n) is 5.25. The highest BCUT2D eigenvalue weighted by atomic mass is 14.2. The van der Waals surface area contributed by atoms with Crippen molar-refractivity contribution in [1.82, 2.24) is 0 Å². The second kappa shape index (κ2) is 5.70. The van der Waals surface area contributed by atoms with Crippen LogP contribution in [0.1, 0.15) is 31.4 Å². The molecule has 0 heteroatoms. The van der Waals surface area contributed by atoms with Gasteiger partial charge in [-0.05, 0) is 51.8 Å². The van der Waals surface area contributed by atoms with Crippen LogP contribution in [-0.4, -0.2) is 0 Å². The van der Waals surface area contributed by atoms with E-state index in [4.69, 9.17) is 0 Å². The topological polar surface area (TPSA) is 0 Å². The average molecular weight is 298 g/mol. The molecule has 0 bridgehead atoms. The number of benzene rings is 3. The fourth-order valence-electron chi connectivity index (χ4n) is 3.67. The van der Waals surface area contributed by atoms with Gasteiger partial charge in [-0.3, -0.25) is 0 Å². The maximum Gasteiger partial charge on any atom is -0.00549 e. The van der Waals surface area contributed by atoms with Crippen LogP contribution in [0.4, 0.5) is 0 Å². The highest BCUT2D eigenvalue weighted by Gasteiger charge is 2.19. The van der Waals surface area contributed by atoms with Gasteiger partial charge in [-0.2, -0.15) is 0 Å². The van der Waals surface area contributed by atoms with Gasteiger partial charge in [0, 0.05) is 0 Å². The quantitative estimate of drug-likeness (QED) is 0.518. The van der Waals surface area contributed by atoms with E-state index < -0.39 is 0 Å². The Balaban J connectivity index is 1.92. The van der Waals surface area contributed by atoms with Gasteiger partial charge in [0.25, 0.3) is 0 Å². The molecule has 3 aromatic rings. The summed E-state index contributed by atoms with van der Waals surface area (Å²) >= 11 is 0. The molecule has 0 fully saturated rings. The Kier molecular flexibility index (Phi) is 3.53. The predicted molar refractivity (Wildman–Crippen MR) is 101 cm³/mol. The molecule has 0 aromatic heterocycles. The maximum absolute atomic E-state index is 2.45. The van der Waals surface area contributed by atoms with Crippen LogP contribution in [0.5, 0.6) is 0 Å². The molecule has 0 saturated carbocycles. The van der Waals surface area contributed by atoms with Gasteiger partial charge >= 0.3 is 0 Å². The number of allylic oxidation sites excluding steroid dienone is 1. The van der Waals surface area contributed by atoms with Crippen LogP contribution >= 0.6 is 0 Å². The Hall–Kier alpha value is -2.34. The molecule has 0 radical (unpaired) electrons. The molecule has 23 heavy (non-hydrogen) atoms. The van der Waals surface area contributed by atoms with E-state index in [0.717, 1.165) is 6.42 Å². The van der Waals surface area contributed by atoms with E-state index in [1.807, 2.05) is 0 Å². The summed E-state index contributed by atoms with van der Waals surface area (Å²) in [6, 6.07) is 22.1. The van der Waals surface area contributed by atoms with Gasteiger partial charge in [0.15, 0.2) is 0 Å². The van der Waals surface area contributed by atoms with E-state index in [1.165, 1.54) is 39.4 Å². The summed E-state index contributed by atoms with van der Waals surface area (Å²) in [5.41, 5.74) is 7.21. The molecule has 0 nitrogen and oxygen atoms in total. The first-order valence-corrected chi connectivity index (χ1v) is 8.58. The Morgan fingerprint density at radius 3 is 2.48 bits per heavy atom. The summed E-state index contributed by atoms with van der Waals surface area (Å²) in [5, 5.41) is 2.65. The van der Waals surface area contributed by atoms with Crippen molar-refractivity contribution in [2.24, 2.45) is 5.92 Å². The monoisotopic (exact) mass is 298 g/mol. The van der Waals surface area contributed by atoms with Crippen molar-refractivity contribution < 1.29 is 0 Å². The van der Waals surface area contributed by atoms with Gasteiger partial charge in [-0.1, -0.05) is 86.2 Å². The van der Waals surface area contributed by atoms with Crippen molar-refractivity contribution >= 4 is 16.8 Å². The molecule has 0 heterocycles. The highest BCUT2D eigenvalue weighted by molar-refractivity contribution is 5.99. The summed E-state index contributed by atoms with van der Waals surface area (Å²) in [6.07, 6.45) is 4.77. The van der Waals surface area contributed by atoms with Crippen LogP contribution < -0.4 is 0 Å². The Morgan fingerprint density at radius 2 is 1.61 bits per heavy atom. The minimum atomic E-state index is 0.669. The third kappa shape index (κ3) is 2.39. The smallest absolute Gasteiger partial charge is 0.00549 e. The van der Waals surface area contributed by atoms with Crippen LogP contribution in [0, 0.1) is 5.92 Å². The first-order valence-electron chi connectivity index (χ1n) is 8.58. The van der Waals surface area contributed by atoms with Gasteiger partial charge in [-0.25, -0.2) is 0 Å². The molecule has 0 N–H and O–H groups in total. The van der Waals surface area contributed by atoms with E-state index in [1.54, 1.807) is 5.57 Å². The normalized spacial score (nSPS) is 14.6. The number of fused-ring (bicyclic) bond motifs is 2. The molecule has 1 aliphatic carbocycles. The summed E-state index contributed by atoms with van der Waals surface area (Å²) < 4.78 is 0. The molecular weight excluding hydrogens is 276 g/mol. The Labute approximate surface area is 138 Å². The fourth-order valence-corrected chi connectivity index (χ4v) is 3.67. The van der Waals surface area contributed by atoms with Gasteiger partial charge < -0.3 is 0 Å². The second-order valence-electron chi connectivity index (χ2n) is 6.61. The lowest BCUT2D eigenvalue weighted by Crippen LogP contribution is -1.96. The number of hydrogen-bond acceptors (Lipinski definition) is 0. The predicted octanol–water partition coefficient (Wildman–Crippen LogP) is 6.49. The van der Waals surface area contributed by atoms with E-state index >= 15 is 0 Å². The molecule has 1 aliphatic rings. The molecule has 3 aromatic carbocycles. The Bertz CT molecular complexity index is 894. The average Bonchev–Trinajstić information content (AvgIpc) is 3.05. The van der Waals surface area contributed by atoms with Crippen molar-refractivity contribution in [2.75, 3.05) is 0 Å². The summed E-state index contributed by atoms with van der Waals surface area (Å²) in [4.78, 5) is 0. The van der Waals surface area contributed by atoms with Gasteiger partial charge in [0.2, 0.25) is 0 Å². The molecular formula is C23H22. The zero-order valence-corrected chi connectivity index (χ0v) is 13.8. The lowest BCUT2D eigenvalue weighted by molar-refractivity contribution is 0.647. The van der Waals surface area contributed by atoms with E-state index in [9.17, 15) is 0 Å². The SMILES string of the molecule is CCC(C)C1=Cc2c(cccc2-c2cccc3ccccc23)C1. The largest absolute Gasteiger partial charge is 0.0648 e. The highest BCUT2D eigenvalue weighted by Crippen LogP contribution is 2.39. The molecule has 0 spiro atoms. The molecule has 114 valence electrons. The molecule has 1 atom stereocenters. The Morgan fingerprint density at radius 1 is 0.870 bits per heavy atom. The molecule has 4 rings (SSSR count). The fraction of sp³-hybridized carbons (Fsp3) is 0.217. The second-order valence-corrected chi connectivity index (χ2v) is 6.61. The van der Waals surface area contributed by atoms with Crippen molar-refractivity contribution in [2.45, 2.75) is 26.7 Å². The number of rotatable bonds is 3. The minimum Gasteiger partial charge on any atom is -0.0648 e. The van der Waals surface area contributed by atoms with E-state index in [0.29, 0.717) is 5.92 Å². The lowest BCUT2D eigenvalue weighted by Gasteiger charge is -2.11. The van der Waals surface area contributed by atoms with Crippen LogP contribution in [-0.2, 0) is 6.42 Å². The summed E-state index contributed by atoms with van der Waals surface area (Å²) in [7, 11) is 0. The molecule has 0 aliphatic heterocycles. The summed E-state index contributed by atoms with van der Waals surface area (Å²) in [5.74, 6) is 0.669. The maximum atomic E-state index is 2.45. The first kappa shape index (κ1) is 14.3. The zero-order chi connectivity index (χ0) is 15.8. The van der Waals surface area contributed by atoms with Crippen molar-refractivity contribution in [1.29, 1.82) is 0 Å². The standard InChI is InChI=1S/C23H22/c1-3-16(2)19-14-18-10-7-13-22(23(18)15-19)21-12-6-9-17-8-4-5-11-20(17)21/h4-13,15-16H,3,14H2,1-2H3. The van der Waals surface area contributed by atoms with Crippen molar-refractivity contribution in [3.63, 3.8) is 0 Å². The lowest BCUT2D eigenvalue weighted by atomic mass is 9.93. The van der Waals surface area contributed by atoms with Crippen LogP contribution in [0.2, 0.25) is 0 Å². The zero-order valence-electron chi connectivity index (χ0n) is 13.8. The molecule has 1 unspecified atom stereocenters. The van der Waals surface area contributed by atoms with Gasteiger partial charge in [0.05, 0.1) is 0 Å². The molecule has 0 saturated heterocycles. The molecule has 0 amide bonds. The van der Waals surface area contributed by atoms with Crippen LogP contribution in [0.25, 0.3) is 28.0 Å². The van der Waals surface area contributed by atoms with Gasteiger partial charge in [-0.15, -0.1) is 0 Å². The van der Waals surface area contributed by atoms with Crippen LogP contribution in [0.15, 0.2) is 66.2 Å². The minimum absolute atomic E-state index is 0.669. The van der Waals surface area contributed by atoms with Crippen molar-refractivity contribution in [3.8, 4) is 11.1 Å². The van der Waals surface area contributed by atoms with E-state index in [2.05, 4.69) is 80.6 Å². The third-order valence-corrected chi connectivity index (χ3v) is 5.25. The first-order chi connectivity index (χ1) is 11.3. The van der Waals surface area contributed by atoms with E-state index in [-0.39, 0.29) is 0 Å².